The standard InChI is InChI=1S/C23H26FN7/c1-27-23(29-15-13-17-9-11-18(24)12-10-17)28-14-5-8-21-20(16-25)22(26)31(30-21)19-6-3-2-4-7-19/h2-4,6-7,9-12H,5,8,13-15,26H2,1H3,(H2,27,28,29). The van der Waals surface area contributed by atoms with Crippen molar-refractivity contribution in [3.8, 4) is 11.8 Å². The molecule has 4 N–H and O–H groups in total. The van der Waals surface area contributed by atoms with Gasteiger partial charge in [0.15, 0.2) is 5.96 Å². The highest BCUT2D eigenvalue weighted by Crippen LogP contribution is 2.21. The second-order valence-electron chi connectivity index (χ2n) is 6.97. The second-order valence-corrected chi connectivity index (χ2v) is 6.97. The summed E-state index contributed by atoms with van der Waals surface area (Å²) in [5, 5.41) is 20.5. The number of hydrogen-bond donors (Lipinski definition) is 3. The zero-order valence-corrected chi connectivity index (χ0v) is 17.5. The Hall–Kier alpha value is -3.86. The van der Waals surface area contributed by atoms with Crippen LogP contribution in [0, 0.1) is 17.1 Å². The smallest absolute Gasteiger partial charge is 0.190 e. The Kier molecular flexibility index (Phi) is 7.60. The minimum absolute atomic E-state index is 0.232. The predicted molar refractivity (Wildman–Crippen MR) is 120 cm³/mol. The fourth-order valence-corrected chi connectivity index (χ4v) is 3.20. The molecule has 0 spiro atoms. The quantitative estimate of drug-likeness (QED) is 0.296. The molecule has 7 nitrogen and oxygen atoms in total. The van der Waals surface area contributed by atoms with E-state index in [-0.39, 0.29) is 5.82 Å². The molecular weight excluding hydrogens is 393 g/mol. The zero-order chi connectivity index (χ0) is 22.1. The van der Waals surface area contributed by atoms with E-state index in [0.29, 0.717) is 42.5 Å². The van der Waals surface area contributed by atoms with E-state index in [0.717, 1.165) is 24.1 Å². The topological polar surface area (TPSA) is 104 Å². The molecule has 0 aliphatic carbocycles. The van der Waals surface area contributed by atoms with Crippen LogP contribution in [0.15, 0.2) is 59.6 Å². The molecule has 160 valence electrons. The molecule has 3 aromatic rings. The van der Waals surface area contributed by atoms with Gasteiger partial charge < -0.3 is 16.4 Å². The SMILES string of the molecule is CN=C(NCCCc1nn(-c2ccccc2)c(N)c1C#N)NCCc1ccc(F)cc1. The number of guanidine groups is 1. The van der Waals surface area contributed by atoms with Crippen molar-refractivity contribution in [3.05, 3.63) is 77.2 Å². The molecule has 0 saturated carbocycles. The fraction of sp³-hybridized carbons (Fsp3) is 0.261. The van der Waals surface area contributed by atoms with Crippen LogP contribution in [0.3, 0.4) is 0 Å². The Labute approximate surface area is 181 Å². The molecule has 1 heterocycles. The number of aryl methyl sites for hydroxylation is 1. The summed E-state index contributed by atoms with van der Waals surface area (Å²) < 4.78 is 14.6. The van der Waals surface area contributed by atoms with Crippen molar-refractivity contribution >= 4 is 11.8 Å². The predicted octanol–water partition coefficient (Wildman–Crippen LogP) is 2.81. The van der Waals surface area contributed by atoms with Crippen LogP contribution < -0.4 is 16.4 Å². The lowest BCUT2D eigenvalue weighted by Crippen LogP contribution is -2.38. The molecule has 8 heteroatoms. The number of rotatable bonds is 8. The summed E-state index contributed by atoms with van der Waals surface area (Å²) in [7, 11) is 1.71. The molecule has 0 bridgehead atoms. The third-order valence-corrected chi connectivity index (χ3v) is 4.83. The molecule has 3 rings (SSSR count). The summed E-state index contributed by atoms with van der Waals surface area (Å²) in [4.78, 5) is 4.21. The molecule has 2 aromatic carbocycles. The number of nitrogens with two attached hydrogens (primary N) is 1. The minimum atomic E-state index is -0.232. The van der Waals surface area contributed by atoms with E-state index in [2.05, 4.69) is 26.8 Å². The average molecular weight is 420 g/mol. The number of nitrogens with one attached hydrogen (secondary N) is 2. The first kappa shape index (κ1) is 21.8. The Morgan fingerprint density at radius 2 is 1.81 bits per heavy atom. The third-order valence-electron chi connectivity index (χ3n) is 4.83. The molecule has 0 amide bonds. The molecule has 0 aliphatic rings. The number of aliphatic imine (C=N–C) groups is 1. The minimum Gasteiger partial charge on any atom is -0.382 e. The summed E-state index contributed by atoms with van der Waals surface area (Å²) in [6.07, 6.45) is 2.15. The molecule has 1 aromatic heterocycles. The van der Waals surface area contributed by atoms with Gasteiger partial charge in [0, 0.05) is 20.1 Å². The van der Waals surface area contributed by atoms with E-state index < -0.39 is 0 Å². The van der Waals surface area contributed by atoms with Gasteiger partial charge in [0.25, 0.3) is 0 Å². The first-order chi connectivity index (χ1) is 15.1. The van der Waals surface area contributed by atoms with Crippen LogP contribution in [0.4, 0.5) is 10.2 Å². The number of nitrogens with zero attached hydrogens (tertiary/aromatic N) is 4. The van der Waals surface area contributed by atoms with Gasteiger partial charge in [0.2, 0.25) is 0 Å². The maximum atomic E-state index is 13.0. The lowest BCUT2D eigenvalue weighted by Gasteiger charge is -2.11. The van der Waals surface area contributed by atoms with E-state index in [1.165, 1.54) is 12.1 Å². The van der Waals surface area contributed by atoms with Gasteiger partial charge in [-0.1, -0.05) is 30.3 Å². The number of benzene rings is 2. The van der Waals surface area contributed by atoms with E-state index >= 15 is 0 Å². The molecule has 0 fully saturated rings. The van der Waals surface area contributed by atoms with Gasteiger partial charge in [-0.05, 0) is 49.1 Å². The van der Waals surface area contributed by atoms with Crippen LogP contribution in [-0.2, 0) is 12.8 Å². The van der Waals surface area contributed by atoms with Crippen molar-refractivity contribution in [2.24, 2.45) is 4.99 Å². The van der Waals surface area contributed by atoms with Crippen LogP contribution in [0.25, 0.3) is 5.69 Å². The average Bonchev–Trinajstić information content (AvgIpc) is 3.12. The van der Waals surface area contributed by atoms with E-state index in [1.807, 2.05) is 30.3 Å². The van der Waals surface area contributed by atoms with Gasteiger partial charge in [0.05, 0.1) is 11.4 Å². The third kappa shape index (κ3) is 5.82. The number of nitriles is 1. The zero-order valence-electron chi connectivity index (χ0n) is 17.5. The largest absolute Gasteiger partial charge is 0.382 e. The lowest BCUT2D eigenvalue weighted by molar-refractivity contribution is 0.626. The molecule has 31 heavy (non-hydrogen) atoms. The monoisotopic (exact) mass is 419 g/mol. The van der Waals surface area contributed by atoms with Crippen LogP contribution in [0.5, 0.6) is 0 Å². The molecule has 0 radical (unpaired) electrons. The van der Waals surface area contributed by atoms with Crippen molar-refractivity contribution in [3.63, 3.8) is 0 Å². The number of nitrogen functional groups attached to an aromatic ring is 1. The van der Waals surface area contributed by atoms with Crippen molar-refractivity contribution in [2.75, 3.05) is 25.9 Å². The number of para-hydroxylation sites is 1. The highest BCUT2D eigenvalue weighted by atomic mass is 19.1. The molecule has 0 aliphatic heterocycles. The first-order valence-electron chi connectivity index (χ1n) is 10.1. The van der Waals surface area contributed by atoms with E-state index in [9.17, 15) is 9.65 Å². The van der Waals surface area contributed by atoms with Gasteiger partial charge in [-0.2, -0.15) is 10.4 Å². The summed E-state index contributed by atoms with van der Waals surface area (Å²) in [6, 6.07) is 18.2. The van der Waals surface area contributed by atoms with E-state index in [4.69, 9.17) is 5.73 Å². The highest BCUT2D eigenvalue weighted by molar-refractivity contribution is 5.79. The summed E-state index contributed by atoms with van der Waals surface area (Å²) in [6.45, 7) is 1.35. The highest BCUT2D eigenvalue weighted by Gasteiger charge is 2.16. The Bertz CT molecular complexity index is 1050. The Balaban J connectivity index is 1.48. The van der Waals surface area contributed by atoms with Crippen molar-refractivity contribution in [1.29, 1.82) is 5.26 Å². The van der Waals surface area contributed by atoms with Gasteiger partial charge in [-0.15, -0.1) is 0 Å². The lowest BCUT2D eigenvalue weighted by atomic mass is 10.1. The Morgan fingerprint density at radius 3 is 2.48 bits per heavy atom. The number of halogens is 1. The Morgan fingerprint density at radius 1 is 1.10 bits per heavy atom. The van der Waals surface area contributed by atoms with Crippen LogP contribution >= 0.6 is 0 Å². The summed E-state index contributed by atoms with van der Waals surface area (Å²) >= 11 is 0. The summed E-state index contributed by atoms with van der Waals surface area (Å²) in [5.74, 6) is 0.816. The van der Waals surface area contributed by atoms with Gasteiger partial charge in [-0.3, -0.25) is 4.99 Å². The maximum Gasteiger partial charge on any atom is 0.190 e. The van der Waals surface area contributed by atoms with Crippen LogP contribution in [-0.4, -0.2) is 35.9 Å². The first-order valence-corrected chi connectivity index (χ1v) is 10.1. The van der Waals surface area contributed by atoms with Crippen LogP contribution in [0.2, 0.25) is 0 Å². The molecule has 0 atom stereocenters. The number of anilines is 1. The number of hydrogen-bond acceptors (Lipinski definition) is 4. The molecular formula is C23H26FN7. The van der Waals surface area contributed by atoms with Gasteiger partial charge >= 0.3 is 0 Å². The van der Waals surface area contributed by atoms with Gasteiger partial charge in [-0.25, -0.2) is 9.07 Å². The number of aromatic nitrogens is 2. The van der Waals surface area contributed by atoms with Crippen LogP contribution in [0.1, 0.15) is 23.2 Å². The van der Waals surface area contributed by atoms with E-state index in [1.54, 1.807) is 23.9 Å². The van der Waals surface area contributed by atoms with Gasteiger partial charge in [0.1, 0.15) is 23.3 Å². The summed E-state index contributed by atoms with van der Waals surface area (Å²) in [5.41, 5.74) is 9.13. The molecule has 0 unspecified atom stereocenters. The maximum absolute atomic E-state index is 13.0. The van der Waals surface area contributed by atoms with Crippen molar-refractivity contribution < 1.29 is 4.39 Å². The molecule has 0 saturated heterocycles. The van der Waals surface area contributed by atoms with Crippen molar-refractivity contribution in [2.45, 2.75) is 19.3 Å². The fourth-order valence-electron chi connectivity index (χ4n) is 3.20. The normalized spacial score (nSPS) is 11.2. The second kappa shape index (κ2) is 10.8. The van der Waals surface area contributed by atoms with Crippen molar-refractivity contribution in [1.82, 2.24) is 20.4 Å².